The van der Waals surface area contributed by atoms with Crippen LogP contribution in [0.2, 0.25) is 5.02 Å². The first-order valence-electron chi connectivity index (χ1n) is 9.43. The topological polar surface area (TPSA) is 108 Å². The molecule has 30 heavy (non-hydrogen) atoms. The van der Waals surface area contributed by atoms with Crippen LogP contribution in [0.4, 0.5) is 0 Å². The van der Waals surface area contributed by atoms with Gasteiger partial charge in [-0.05, 0) is 32.3 Å². The number of rotatable bonds is 2. The summed E-state index contributed by atoms with van der Waals surface area (Å²) in [5.41, 5.74) is 1.09. The van der Waals surface area contributed by atoms with E-state index in [0.29, 0.717) is 28.0 Å². The van der Waals surface area contributed by atoms with Crippen molar-refractivity contribution in [3.63, 3.8) is 0 Å². The van der Waals surface area contributed by atoms with Crippen LogP contribution in [-0.4, -0.2) is 84.4 Å². The summed E-state index contributed by atoms with van der Waals surface area (Å²) in [5, 5.41) is 7.97. The second-order valence-corrected chi connectivity index (χ2v) is 10.5. The number of pyridine rings is 1. The van der Waals surface area contributed by atoms with Crippen molar-refractivity contribution in [3.05, 3.63) is 41.0 Å². The number of hydrogen-bond acceptors (Lipinski definition) is 6. The van der Waals surface area contributed by atoms with Crippen molar-refractivity contribution in [1.82, 2.24) is 14.8 Å². The summed E-state index contributed by atoms with van der Waals surface area (Å²) in [5.74, 6) is -0.961. The van der Waals surface area contributed by atoms with Crippen molar-refractivity contribution in [2.75, 3.05) is 32.9 Å². The summed E-state index contributed by atoms with van der Waals surface area (Å²) in [6.45, 7) is 1.74. The predicted molar refractivity (Wildman–Crippen MR) is 115 cm³/mol. The summed E-state index contributed by atoms with van der Waals surface area (Å²) < 4.78 is 25.1. The number of hydrogen-bond donors (Lipinski definition) is 1. The van der Waals surface area contributed by atoms with E-state index in [-0.39, 0.29) is 30.2 Å². The zero-order valence-electron chi connectivity index (χ0n) is 16.9. The highest BCUT2D eigenvalue weighted by Gasteiger charge is 2.53. The zero-order chi connectivity index (χ0) is 22.2. The Morgan fingerprint density at radius 3 is 2.53 bits per heavy atom. The fraction of sp³-hybridized carbons (Fsp3) is 0.450. The Bertz CT molecular complexity index is 1090. The molecule has 162 valence electrons. The molecule has 0 unspecified atom stereocenters. The molecule has 1 N–H and O–H groups in total. The number of carbonyl (C=O) groups is 2. The number of carbonyl (C=O) groups excluding carboxylic acids is 1. The number of carboxylic acids is 1. The van der Waals surface area contributed by atoms with E-state index in [9.17, 15) is 13.2 Å². The minimum atomic E-state index is -3.20. The van der Waals surface area contributed by atoms with Crippen LogP contribution >= 0.6 is 11.6 Å². The quantitative estimate of drug-likeness (QED) is 0.738. The van der Waals surface area contributed by atoms with Gasteiger partial charge >= 0.3 is 0 Å². The molecule has 3 heterocycles. The molecule has 1 aromatic carbocycles. The number of sulfone groups is 1. The Labute approximate surface area is 180 Å². The number of halogens is 1. The van der Waals surface area contributed by atoms with Crippen molar-refractivity contribution in [2.24, 2.45) is 5.92 Å². The second-order valence-electron chi connectivity index (χ2n) is 7.78. The van der Waals surface area contributed by atoms with Crippen LogP contribution in [0.25, 0.3) is 10.9 Å². The van der Waals surface area contributed by atoms with Crippen LogP contribution in [0.3, 0.4) is 0 Å². The molecule has 0 aliphatic carbocycles. The molecule has 1 aromatic heterocycles. The van der Waals surface area contributed by atoms with Gasteiger partial charge in [0.2, 0.25) is 0 Å². The lowest BCUT2D eigenvalue weighted by atomic mass is 10.00. The first-order valence-corrected chi connectivity index (χ1v) is 11.5. The molecule has 8 nitrogen and oxygen atoms in total. The van der Waals surface area contributed by atoms with E-state index >= 15 is 0 Å². The number of amides is 1. The summed E-state index contributed by atoms with van der Waals surface area (Å²) in [6, 6.07) is 6.96. The molecule has 0 bridgehead atoms. The maximum atomic E-state index is 13.2. The molecule has 0 radical (unpaired) electrons. The van der Waals surface area contributed by atoms with Crippen molar-refractivity contribution in [2.45, 2.75) is 18.2 Å². The van der Waals surface area contributed by atoms with E-state index in [0.717, 1.165) is 6.92 Å². The third kappa shape index (κ3) is 4.28. The monoisotopic (exact) mass is 453 g/mol. The summed E-state index contributed by atoms with van der Waals surface area (Å²) in [6.07, 6.45) is 1.67. The maximum absolute atomic E-state index is 13.2. The summed E-state index contributed by atoms with van der Waals surface area (Å²) in [4.78, 5) is 30.1. The molecule has 4 rings (SSSR count). The van der Waals surface area contributed by atoms with Crippen LogP contribution in [0.15, 0.2) is 30.5 Å². The predicted octanol–water partition coefficient (Wildman–Crippen LogP) is 1.78. The Morgan fingerprint density at radius 2 is 1.90 bits per heavy atom. The van der Waals surface area contributed by atoms with Gasteiger partial charge in [-0.2, -0.15) is 0 Å². The van der Waals surface area contributed by atoms with Crippen molar-refractivity contribution >= 4 is 44.2 Å². The van der Waals surface area contributed by atoms with Crippen LogP contribution in [0, 0.1) is 5.92 Å². The van der Waals surface area contributed by atoms with Crippen LogP contribution < -0.4 is 0 Å². The molecule has 2 aromatic rings. The van der Waals surface area contributed by atoms with E-state index in [2.05, 4.69) is 4.98 Å². The highest BCUT2D eigenvalue weighted by molar-refractivity contribution is 7.92. The van der Waals surface area contributed by atoms with Crippen molar-refractivity contribution in [3.8, 4) is 0 Å². The van der Waals surface area contributed by atoms with Gasteiger partial charge in [0, 0.05) is 43.6 Å². The first kappa shape index (κ1) is 22.5. The lowest BCUT2D eigenvalue weighted by molar-refractivity contribution is -0.134. The Morgan fingerprint density at radius 1 is 1.23 bits per heavy atom. The molecule has 10 heteroatoms. The molecular formula is C20H24ClN3O5S. The van der Waals surface area contributed by atoms with Gasteiger partial charge in [0.25, 0.3) is 11.9 Å². The van der Waals surface area contributed by atoms with Gasteiger partial charge in [0.05, 0.1) is 27.1 Å². The largest absolute Gasteiger partial charge is 0.481 e. The van der Waals surface area contributed by atoms with Gasteiger partial charge in [0.15, 0.2) is 9.84 Å². The molecule has 0 saturated carbocycles. The SMILES string of the molecule is CC(=O)O.CN(C)[C@@H]1CS(=O)(=O)[C@H]2CN(C(=O)c3c(Cl)ccc4ncccc34)C[C@@H]12. The molecule has 1 amide bonds. The number of aliphatic carboxylic acids is 1. The third-order valence-corrected chi connectivity index (χ3v) is 8.11. The normalized spacial score (nSPS) is 24.4. The molecule has 3 atom stereocenters. The van der Waals surface area contributed by atoms with Crippen molar-refractivity contribution < 1.29 is 23.1 Å². The number of benzene rings is 1. The molecule has 2 aliphatic heterocycles. The maximum Gasteiger partial charge on any atom is 0.300 e. The van der Waals surface area contributed by atoms with E-state index < -0.39 is 21.1 Å². The van der Waals surface area contributed by atoms with Gasteiger partial charge in [-0.3, -0.25) is 14.6 Å². The minimum Gasteiger partial charge on any atom is -0.481 e. The van der Waals surface area contributed by atoms with Crippen LogP contribution in [-0.2, 0) is 14.6 Å². The lowest BCUT2D eigenvalue weighted by Gasteiger charge is -2.25. The van der Waals surface area contributed by atoms with Gasteiger partial charge in [-0.1, -0.05) is 17.7 Å². The first-order chi connectivity index (χ1) is 14.0. The summed E-state index contributed by atoms with van der Waals surface area (Å²) >= 11 is 6.33. The zero-order valence-corrected chi connectivity index (χ0v) is 18.5. The van der Waals surface area contributed by atoms with Gasteiger partial charge in [-0.25, -0.2) is 8.42 Å². The average molecular weight is 454 g/mol. The Kier molecular flexibility index (Phi) is 6.35. The van der Waals surface area contributed by atoms with Crippen molar-refractivity contribution in [1.29, 1.82) is 0 Å². The molecule has 2 fully saturated rings. The van der Waals surface area contributed by atoms with E-state index in [4.69, 9.17) is 21.5 Å². The lowest BCUT2D eigenvalue weighted by Crippen LogP contribution is -2.38. The fourth-order valence-corrected chi connectivity index (χ4v) is 6.95. The van der Waals surface area contributed by atoms with Crippen LogP contribution in [0.1, 0.15) is 17.3 Å². The highest BCUT2D eigenvalue weighted by atomic mass is 35.5. The molecule has 0 spiro atoms. The molecule has 2 aliphatic rings. The number of fused-ring (bicyclic) bond motifs is 2. The Balaban J connectivity index is 0.000000589. The number of aromatic nitrogens is 1. The van der Waals surface area contributed by atoms with Gasteiger partial charge in [0.1, 0.15) is 0 Å². The standard InChI is InChI=1S/C18H20ClN3O3S.C2H4O2/c1-21(2)15-10-26(24,25)16-9-22(8-12(15)16)18(23)17-11-4-3-7-20-14(11)6-5-13(17)19;1-2(3)4/h3-7,12,15-16H,8-10H2,1-2H3;1H3,(H,3,4)/t12-,15+,16-;/m0./s1. The van der Waals surface area contributed by atoms with Gasteiger partial charge in [-0.15, -0.1) is 0 Å². The average Bonchev–Trinajstić information content (AvgIpc) is 3.20. The van der Waals surface area contributed by atoms with E-state index in [1.54, 1.807) is 29.3 Å². The smallest absolute Gasteiger partial charge is 0.300 e. The highest BCUT2D eigenvalue weighted by Crippen LogP contribution is 2.37. The molecular weight excluding hydrogens is 430 g/mol. The third-order valence-electron chi connectivity index (χ3n) is 5.57. The second kappa shape index (κ2) is 8.49. The number of nitrogens with zero attached hydrogens (tertiary/aromatic N) is 3. The summed E-state index contributed by atoms with van der Waals surface area (Å²) in [7, 11) is 0.578. The van der Waals surface area contributed by atoms with Gasteiger partial charge < -0.3 is 14.9 Å². The number of likely N-dealkylation sites (tertiary alicyclic amines) is 1. The number of carboxylic acid groups (broad SMARTS) is 1. The fourth-order valence-electron chi connectivity index (χ4n) is 4.23. The molecule has 2 saturated heterocycles. The Hall–Kier alpha value is -2.23. The minimum absolute atomic E-state index is 0.0625. The van der Waals surface area contributed by atoms with E-state index in [1.807, 2.05) is 25.1 Å². The van der Waals surface area contributed by atoms with Crippen LogP contribution in [0.5, 0.6) is 0 Å². The van der Waals surface area contributed by atoms with E-state index in [1.165, 1.54) is 0 Å².